The van der Waals surface area contributed by atoms with E-state index in [2.05, 4.69) is 0 Å². The number of benzene rings is 3. The van der Waals surface area contributed by atoms with Crippen LogP contribution in [0.2, 0.25) is 5.02 Å². The molecule has 154 valence electrons. The lowest BCUT2D eigenvalue weighted by Crippen LogP contribution is -2.27. The summed E-state index contributed by atoms with van der Waals surface area (Å²) < 4.78 is 0.382. The van der Waals surface area contributed by atoms with Crippen LogP contribution in [0.1, 0.15) is 5.56 Å². The third-order valence-electron chi connectivity index (χ3n) is 4.36. The van der Waals surface area contributed by atoms with E-state index in [-0.39, 0.29) is 11.6 Å². The Morgan fingerprint density at radius 2 is 1.71 bits per heavy atom. The van der Waals surface area contributed by atoms with Crippen LogP contribution in [0.25, 0.3) is 6.08 Å². The lowest BCUT2D eigenvalue weighted by atomic mass is 10.2. The predicted molar refractivity (Wildman–Crippen MR) is 131 cm³/mol. The van der Waals surface area contributed by atoms with Crippen molar-refractivity contribution in [3.05, 3.63) is 98.4 Å². The molecule has 1 aliphatic heterocycles. The zero-order valence-electron chi connectivity index (χ0n) is 15.7. The minimum absolute atomic E-state index is 0.0436. The number of non-ortho nitro benzene ring substituents is 1. The highest BCUT2D eigenvalue weighted by Crippen LogP contribution is 2.38. The number of carbonyl (C=O) groups is 1. The van der Waals surface area contributed by atoms with E-state index in [4.69, 9.17) is 23.8 Å². The lowest BCUT2D eigenvalue weighted by molar-refractivity contribution is -0.384. The molecule has 0 radical (unpaired) electrons. The van der Waals surface area contributed by atoms with Crippen molar-refractivity contribution >= 4 is 75.0 Å². The first-order chi connectivity index (χ1) is 14.9. The van der Waals surface area contributed by atoms with Gasteiger partial charge < -0.3 is 0 Å². The summed E-state index contributed by atoms with van der Waals surface area (Å²) in [6, 6.07) is 21.1. The van der Waals surface area contributed by atoms with Crippen molar-refractivity contribution in [2.24, 2.45) is 0 Å². The normalized spacial score (nSPS) is 15.0. The van der Waals surface area contributed by atoms with Crippen LogP contribution in [0.4, 0.5) is 11.4 Å². The van der Waals surface area contributed by atoms with Gasteiger partial charge in [-0.3, -0.25) is 19.8 Å². The smallest absolute Gasteiger partial charge is 0.268 e. The van der Waals surface area contributed by atoms with Crippen molar-refractivity contribution in [3.8, 4) is 0 Å². The second-order valence-corrected chi connectivity index (χ2v) is 9.61. The van der Waals surface area contributed by atoms with Gasteiger partial charge in [0, 0.05) is 26.9 Å². The Labute approximate surface area is 197 Å². The Kier molecular flexibility index (Phi) is 6.43. The number of rotatable bonds is 5. The minimum atomic E-state index is -0.483. The molecule has 4 rings (SSSR count). The third-order valence-corrected chi connectivity index (χ3v) is 7.01. The van der Waals surface area contributed by atoms with Crippen molar-refractivity contribution in [2.75, 3.05) is 4.90 Å². The zero-order chi connectivity index (χ0) is 22.0. The first kappa shape index (κ1) is 21.6. The highest BCUT2D eigenvalue weighted by molar-refractivity contribution is 8.27. The van der Waals surface area contributed by atoms with E-state index in [1.54, 1.807) is 11.8 Å². The average molecular weight is 485 g/mol. The van der Waals surface area contributed by atoms with Gasteiger partial charge in [0.2, 0.25) is 0 Å². The molecule has 9 heteroatoms. The Hall–Kier alpha value is -2.65. The fourth-order valence-corrected chi connectivity index (χ4v) is 5.21. The first-order valence-electron chi connectivity index (χ1n) is 8.97. The molecule has 0 saturated carbocycles. The van der Waals surface area contributed by atoms with Gasteiger partial charge in [-0.1, -0.05) is 65.5 Å². The van der Waals surface area contributed by atoms with Crippen molar-refractivity contribution in [1.29, 1.82) is 0 Å². The number of nitro groups is 1. The van der Waals surface area contributed by atoms with Gasteiger partial charge in [0.15, 0.2) is 4.32 Å². The van der Waals surface area contributed by atoms with Gasteiger partial charge in [-0.15, -0.1) is 0 Å². The largest absolute Gasteiger partial charge is 0.270 e. The predicted octanol–water partition coefficient (Wildman–Crippen LogP) is 6.81. The maximum Gasteiger partial charge on any atom is 0.270 e. The Bertz CT molecular complexity index is 1210. The average Bonchev–Trinajstić information content (AvgIpc) is 3.04. The topological polar surface area (TPSA) is 63.5 Å². The lowest BCUT2D eigenvalue weighted by Gasteiger charge is -2.14. The standard InChI is InChI=1S/C22H13ClN2O3S3/c23-15-5-11-18(12-6-15)30-19-4-2-1-3-14(19)13-20-21(26)24(22(29)31-20)16-7-9-17(10-8-16)25(27)28/h1-13H/b20-13+. The molecular weight excluding hydrogens is 472 g/mol. The molecule has 0 aliphatic carbocycles. The molecule has 31 heavy (non-hydrogen) atoms. The van der Waals surface area contributed by atoms with E-state index in [9.17, 15) is 14.9 Å². The number of halogens is 1. The second-order valence-electron chi connectivity index (χ2n) is 6.38. The van der Waals surface area contributed by atoms with Gasteiger partial charge >= 0.3 is 0 Å². The Morgan fingerprint density at radius 1 is 1.03 bits per heavy atom. The molecule has 0 atom stereocenters. The Morgan fingerprint density at radius 3 is 2.39 bits per heavy atom. The van der Waals surface area contributed by atoms with Crippen LogP contribution in [-0.4, -0.2) is 15.2 Å². The number of nitrogens with zero attached hydrogens (tertiary/aromatic N) is 2. The van der Waals surface area contributed by atoms with Crippen molar-refractivity contribution in [3.63, 3.8) is 0 Å². The van der Waals surface area contributed by atoms with Crippen LogP contribution in [0.3, 0.4) is 0 Å². The number of thioether (sulfide) groups is 1. The number of hydrogen-bond donors (Lipinski definition) is 0. The minimum Gasteiger partial charge on any atom is -0.268 e. The number of thiocarbonyl (C=S) groups is 1. The summed E-state index contributed by atoms with van der Waals surface area (Å²) in [5.74, 6) is -0.254. The molecule has 0 bridgehead atoms. The summed E-state index contributed by atoms with van der Waals surface area (Å²) in [4.78, 5) is 27.3. The number of nitro benzene ring substituents is 1. The van der Waals surface area contributed by atoms with Gasteiger partial charge in [-0.05, 0) is 54.1 Å². The van der Waals surface area contributed by atoms with Gasteiger partial charge in [0.1, 0.15) is 0 Å². The zero-order valence-corrected chi connectivity index (χ0v) is 18.9. The van der Waals surface area contributed by atoms with Crippen LogP contribution < -0.4 is 4.90 Å². The van der Waals surface area contributed by atoms with Crippen molar-refractivity contribution in [2.45, 2.75) is 9.79 Å². The molecule has 1 heterocycles. The van der Waals surface area contributed by atoms with Gasteiger partial charge in [-0.2, -0.15) is 0 Å². The van der Waals surface area contributed by atoms with E-state index in [0.717, 1.165) is 15.4 Å². The molecule has 0 spiro atoms. The fraction of sp³-hybridized carbons (Fsp3) is 0. The van der Waals surface area contributed by atoms with Crippen molar-refractivity contribution < 1.29 is 9.72 Å². The van der Waals surface area contributed by atoms with E-state index in [0.29, 0.717) is 19.9 Å². The van der Waals surface area contributed by atoms with Crippen LogP contribution in [0, 0.1) is 10.1 Å². The fourth-order valence-electron chi connectivity index (χ4n) is 2.88. The summed E-state index contributed by atoms with van der Waals surface area (Å²) in [6.07, 6.45) is 1.82. The number of carbonyl (C=O) groups excluding carboxylic acids is 1. The van der Waals surface area contributed by atoms with E-state index >= 15 is 0 Å². The molecule has 1 saturated heterocycles. The van der Waals surface area contributed by atoms with Crippen LogP contribution in [-0.2, 0) is 4.79 Å². The van der Waals surface area contributed by atoms with Gasteiger partial charge in [0.25, 0.3) is 11.6 Å². The first-order valence-corrected chi connectivity index (χ1v) is 11.4. The van der Waals surface area contributed by atoms with Crippen LogP contribution in [0.5, 0.6) is 0 Å². The molecule has 1 amide bonds. The maximum absolute atomic E-state index is 13.0. The molecule has 1 fully saturated rings. The molecule has 5 nitrogen and oxygen atoms in total. The van der Waals surface area contributed by atoms with Crippen molar-refractivity contribution in [1.82, 2.24) is 0 Å². The molecule has 0 aromatic heterocycles. The molecular formula is C22H13ClN2O3S3. The second kappa shape index (κ2) is 9.23. The van der Waals surface area contributed by atoms with E-state index in [1.165, 1.54) is 40.9 Å². The summed E-state index contributed by atoms with van der Waals surface area (Å²) >= 11 is 14.2. The number of amides is 1. The summed E-state index contributed by atoms with van der Waals surface area (Å²) in [5, 5.41) is 11.5. The highest BCUT2D eigenvalue weighted by Gasteiger charge is 2.33. The molecule has 3 aromatic carbocycles. The molecule has 0 N–H and O–H groups in total. The van der Waals surface area contributed by atoms with Crippen LogP contribution >= 0.6 is 47.3 Å². The number of anilines is 1. The summed E-state index contributed by atoms with van der Waals surface area (Å²) in [5.41, 5.74) is 1.35. The highest BCUT2D eigenvalue weighted by atomic mass is 35.5. The van der Waals surface area contributed by atoms with Gasteiger partial charge in [0.05, 0.1) is 15.5 Å². The summed E-state index contributed by atoms with van der Waals surface area (Å²) in [6.45, 7) is 0. The molecule has 1 aliphatic rings. The maximum atomic E-state index is 13.0. The molecule has 0 unspecified atom stereocenters. The van der Waals surface area contributed by atoms with Crippen LogP contribution in [0.15, 0.2) is 87.5 Å². The monoisotopic (exact) mass is 484 g/mol. The third kappa shape index (κ3) is 4.83. The van der Waals surface area contributed by atoms with E-state index < -0.39 is 4.92 Å². The Balaban J connectivity index is 1.61. The SMILES string of the molecule is O=C1/C(=C\c2ccccc2Sc2ccc(Cl)cc2)SC(=S)N1c1ccc([N+](=O)[O-])cc1. The van der Waals surface area contributed by atoms with E-state index in [1.807, 2.05) is 54.6 Å². The van der Waals surface area contributed by atoms with Gasteiger partial charge in [-0.25, -0.2) is 0 Å². The summed E-state index contributed by atoms with van der Waals surface area (Å²) in [7, 11) is 0. The quantitative estimate of drug-likeness (QED) is 0.171. The number of hydrogen-bond acceptors (Lipinski definition) is 6. The molecule has 3 aromatic rings.